The summed E-state index contributed by atoms with van der Waals surface area (Å²) in [4.78, 5) is 13.4. The van der Waals surface area contributed by atoms with Crippen molar-refractivity contribution in [3.05, 3.63) is 54.1 Å². The predicted molar refractivity (Wildman–Crippen MR) is 102 cm³/mol. The van der Waals surface area contributed by atoms with Crippen LogP contribution in [-0.4, -0.2) is 28.5 Å². The molecule has 0 spiro atoms. The van der Waals surface area contributed by atoms with Gasteiger partial charge in [0.25, 0.3) is 5.91 Å². The Balaban J connectivity index is 1.69. The number of aromatic nitrogens is 2. The molecule has 0 fully saturated rings. The number of amides is 1. The molecule has 134 valence electrons. The number of nitrogens with zero attached hydrogens (tertiary/aromatic N) is 2. The second-order valence-corrected chi connectivity index (χ2v) is 7.44. The number of hydrogen-bond acceptors (Lipinski definition) is 6. The van der Waals surface area contributed by atoms with Crippen LogP contribution in [0.5, 0.6) is 5.75 Å². The van der Waals surface area contributed by atoms with E-state index in [-0.39, 0.29) is 11.9 Å². The van der Waals surface area contributed by atoms with Crippen molar-refractivity contribution < 1.29 is 13.9 Å². The minimum absolute atomic E-state index is 0.0495. The number of benzene rings is 2. The fraction of sp³-hybridized carbons (Fsp3) is 0.211. The third-order valence-electron chi connectivity index (χ3n) is 3.45. The summed E-state index contributed by atoms with van der Waals surface area (Å²) in [7, 11) is 1.59. The number of anilines is 1. The highest BCUT2D eigenvalue weighted by molar-refractivity contribution is 7.99. The van der Waals surface area contributed by atoms with Gasteiger partial charge < -0.3 is 9.15 Å². The highest BCUT2D eigenvalue weighted by Gasteiger charge is 2.13. The molecule has 2 aromatic carbocycles. The smallest absolute Gasteiger partial charge is 0.322 e. The van der Waals surface area contributed by atoms with E-state index in [2.05, 4.69) is 29.4 Å². The van der Waals surface area contributed by atoms with Crippen LogP contribution < -0.4 is 10.1 Å². The van der Waals surface area contributed by atoms with Gasteiger partial charge in [-0.15, -0.1) is 16.9 Å². The van der Waals surface area contributed by atoms with Crippen molar-refractivity contribution in [3.8, 4) is 17.2 Å². The Morgan fingerprint density at radius 3 is 2.62 bits per heavy atom. The monoisotopic (exact) mass is 369 g/mol. The summed E-state index contributed by atoms with van der Waals surface area (Å²) in [6.07, 6.45) is 0. The summed E-state index contributed by atoms with van der Waals surface area (Å²) < 4.78 is 10.7. The average molecular weight is 369 g/mol. The topological polar surface area (TPSA) is 77.3 Å². The lowest BCUT2D eigenvalue weighted by Crippen LogP contribution is -2.11. The molecule has 0 aliphatic carbocycles. The van der Waals surface area contributed by atoms with Gasteiger partial charge in [0, 0.05) is 21.3 Å². The molecule has 0 aliphatic heterocycles. The number of rotatable bonds is 6. The standard InChI is InChI=1S/C19H19N3O3S/c1-12(2)26-16-9-7-13(8-10-16)17(23)20-19-22-21-18(25-19)14-5-4-6-15(11-14)24-3/h4-12H,1-3H3,(H,20,22,23). The zero-order valence-corrected chi connectivity index (χ0v) is 15.5. The minimum Gasteiger partial charge on any atom is -0.497 e. The van der Waals surface area contributed by atoms with E-state index < -0.39 is 0 Å². The summed E-state index contributed by atoms with van der Waals surface area (Å²) in [5, 5.41) is 11.0. The molecular formula is C19H19N3O3S. The molecule has 1 aromatic heterocycles. The first-order chi connectivity index (χ1) is 12.5. The molecule has 3 rings (SSSR count). The van der Waals surface area contributed by atoms with Crippen LogP contribution in [0.1, 0.15) is 24.2 Å². The molecule has 0 saturated carbocycles. The molecular weight excluding hydrogens is 350 g/mol. The maximum atomic E-state index is 12.3. The normalized spacial score (nSPS) is 10.8. The molecule has 1 N–H and O–H groups in total. The van der Waals surface area contributed by atoms with Crippen molar-refractivity contribution in [2.45, 2.75) is 24.0 Å². The summed E-state index contributed by atoms with van der Waals surface area (Å²) in [5.41, 5.74) is 1.24. The molecule has 6 nitrogen and oxygen atoms in total. The Morgan fingerprint density at radius 1 is 1.15 bits per heavy atom. The summed E-state index contributed by atoms with van der Waals surface area (Å²) in [6, 6.07) is 14.7. The first-order valence-corrected chi connectivity index (χ1v) is 8.99. The lowest BCUT2D eigenvalue weighted by molar-refractivity contribution is 0.102. The third-order valence-corrected chi connectivity index (χ3v) is 4.47. The number of nitrogens with one attached hydrogen (secondary N) is 1. The van der Waals surface area contributed by atoms with Crippen LogP contribution in [0.15, 0.2) is 57.8 Å². The highest BCUT2D eigenvalue weighted by Crippen LogP contribution is 2.25. The Labute approximate surface area is 156 Å². The fourth-order valence-corrected chi connectivity index (χ4v) is 3.11. The quantitative estimate of drug-likeness (QED) is 0.645. The van der Waals surface area contributed by atoms with Gasteiger partial charge in [-0.2, -0.15) is 0 Å². The number of thioether (sulfide) groups is 1. The van der Waals surface area contributed by atoms with Crippen molar-refractivity contribution in [2.24, 2.45) is 0 Å². The molecule has 26 heavy (non-hydrogen) atoms. The van der Waals surface area contributed by atoms with Crippen LogP contribution in [0.25, 0.3) is 11.5 Å². The zero-order chi connectivity index (χ0) is 18.5. The molecule has 0 aliphatic rings. The van der Waals surface area contributed by atoms with Gasteiger partial charge in [-0.05, 0) is 42.5 Å². The number of ether oxygens (including phenoxy) is 1. The predicted octanol–water partition coefficient (Wildman–Crippen LogP) is 4.50. The van der Waals surface area contributed by atoms with Crippen LogP contribution in [0.3, 0.4) is 0 Å². The van der Waals surface area contributed by atoms with Gasteiger partial charge in [0.2, 0.25) is 5.89 Å². The van der Waals surface area contributed by atoms with Gasteiger partial charge in [0.1, 0.15) is 5.75 Å². The van der Waals surface area contributed by atoms with E-state index in [1.807, 2.05) is 30.3 Å². The van der Waals surface area contributed by atoms with Gasteiger partial charge >= 0.3 is 6.01 Å². The third kappa shape index (κ3) is 4.43. The van der Waals surface area contributed by atoms with E-state index in [0.717, 1.165) is 4.90 Å². The van der Waals surface area contributed by atoms with Gasteiger partial charge in [-0.1, -0.05) is 25.0 Å². The lowest BCUT2D eigenvalue weighted by Gasteiger charge is -2.05. The number of carbonyl (C=O) groups excluding carboxylic acids is 1. The van der Waals surface area contributed by atoms with Crippen LogP contribution in [0.2, 0.25) is 0 Å². The SMILES string of the molecule is COc1cccc(-c2nnc(NC(=O)c3ccc(SC(C)C)cc3)o2)c1. The molecule has 7 heteroatoms. The molecule has 0 unspecified atom stereocenters. The largest absolute Gasteiger partial charge is 0.497 e. The van der Waals surface area contributed by atoms with Crippen molar-refractivity contribution in [1.29, 1.82) is 0 Å². The number of carbonyl (C=O) groups is 1. The van der Waals surface area contributed by atoms with Crippen LogP contribution in [0, 0.1) is 0 Å². The molecule has 1 amide bonds. The fourth-order valence-electron chi connectivity index (χ4n) is 2.27. The first kappa shape index (κ1) is 18.0. The van der Waals surface area contributed by atoms with Gasteiger partial charge in [0.05, 0.1) is 7.11 Å². The zero-order valence-electron chi connectivity index (χ0n) is 14.7. The molecule has 3 aromatic rings. The first-order valence-electron chi connectivity index (χ1n) is 8.11. The molecule has 1 heterocycles. The van der Waals surface area contributed by atoms with Gasteiger partial charge in [0.15, 0.2) is 0 Å². The number of hydrogen-bond donors (Lipinski definition) is 1. The maximum absolute atomic E-state index is 12.3. The van der Waals surface area contributed by atoms with Crippen LogP contribution >= 0.6 is 11.8 Å². The van der Waals surface area contributed by atoms with Crippen LogP contribution in [-0.2, 0) is 0 Å². The van der Waals surface area contributed by atoms with E-state index in [9.17, 15) is 4.79 Å². The summed E-state index contributed by atoms with van der Waals surface area (Å²) >= 11 is 1.74. The Bertz CT molecular complexity index is 891. The summed E-state index contributed by atoms with van der Waals surface area (Å²) in [6.45, 7) is 4.25. The minimum atomic E-state index is -0.299. The van der Waals surface area contributed by atoms with E-state index in [0.29, 0.717) is 28.0 Å². The van der Waals surface area contributed by atoms with E-state index >= 15 is 0 Å². The Morgan fingerprint density at radius 2 is 1.92 bits per heavy atom. The second-order valence-electron chi connectivity index (χ2n) is 5.79. The average Bonchev–Trinajstić information content (AvgIpc) is 3.10. The molecule has 0 bridgehead atoms. The highest BCUT2D eigenvalue weighted by atomic mass is 32.2. The Kier molecular flexibility index (Phi) is 5.58. The Hall–Kier alpha value is -2.80. The lowest BCUT2D eigenvalue weighted by atomic mass is 10.2. The molecule has 0 saturated heterocycles. The maximum Gasteiger partial charge on any atom is 0.322 e. The van der Waals surface area contributed by atoms with Crippen molar-refractivity contribution in [3.63, 3.8) is 0 Å². The van der Waals surface area contributed by atoms with E-state index in [1.54, 1.807) is 37.1 Å². The van der Waals surface area contributed by atoms with Crippen molar-refractivity contribution in [1.82, 2.24) is 10.2 Å². The van der Waals surface area contributed by atoms with E-state index in [4.69, 9.17) is 9.15 Å². The van der Waals surface area contributed by atoms with Crippen molar-refractivity contribution in [2.75, 3.05) is 12.4 Å². The number of methoxy groups -OCH3 is 1. The van der Waals surface area contributed by atoms with Crippen molar-refractivity contribution >= 4 is 23.7 Å². The van der Waals surface area contributed by atoms with Gasteiger partial charge in [-0.3, -0.25) is 10.1 Å². The van der Waals surface area contributed by atoms with Gasteiger partial charge in [-0.25, -0.2) is 0 Å². The molecule has 0 radical (unpaired) electrons. The molecule has 0 atom stereocenters. The van der Waals surface area contributed by atoms with Crippen LogP contribution in [0.4, 0.5) is 6.01 Å². The summed E-state index contributed by atoms with van der Waals surface area (Å²) in [5.74, 6) is 0.695. The second kappa shape index (κ2) is 8.05. The van der Waals surface area contributed by atoms with E-state index in [1.165, 1.54) is 0 Å².